The number of hydrogen-bond donors (Lipinski definition) is 1. The first-order valence-electron chi connectivity index (χ1n) is 10.8. The van der Waals surface area contributed by atoms with E-state index in [-0.39, 0.29) is 31.7 Å². The number of anilines is 1. The Hall–Kier alpha value is -3.94. The summed E-state index contributed by atoms with van der Waals surface area (Å²) in [6.45, 7) is 0.562. The quantitative estimate of drug-likeness (QED) is 0.487. The van der Waals surface area contributed by atoms with Crippen molar-refractivity contribution in [2.24, 2.45) is 0 Å². The molecule has 1 unspecified atom stereocenters. The summed E-state index contributed by atoms with van der Waals surface area (Å²) in [5.41, 5.74) is 2.44. The summed E-state index contributed by atoms with van der Waals surface area (Å²) in [6.07, 6.45) is 4.36. The lowest BCUT2D eigenvalue weighted by atomic mass is 10.0. The highest BCUT2D eigenvalue weighted by Gasteiger charge is 2.35. The third-order valence-corrected chi connectivity index (χ3v) is 5.98. The van der Waals surface area contributed by atoms with E-state index in [9.17, 15) is 9.18 Å². The largest absolute Gasteiger partial charge is 0.496 e. The van der Waals surface area contributed by atoms with Crippen LogP contribution in [-0.2, 0) is 11.2 Å². The topological polar surface area (TPSA) is 71.8 Å². The number of aromatic nitrogens is 3. The molecule has 1 saturated heterocycles. The highest BCUT2D eigenvalue weighted by Crippen LogP contribution is 2.35. The summed E-state index contributed by atoms with van der Waals surface area (Å²) in [6, 6.07) is 17.7. The number of nitrogens with one attached hydrogen (secondary N) is 1. The molecule has 4 aromatic rings. The van der Waals surface area contributed by atoms with E-state index in [0.717, 1.165) is 22.6 Å². The Bertz CT molecular complexity index is 1300. The number of methoxy groups -OCH3 is 1. The second-order valence-corrected chi connectivity index (χ2v) is 8.13. The highest BCUT2D eigenvalue weighted by molar-refractivity contribution is 5.79. The smallest absolute Gasteiger partial charge is 0.224 e. The van der Waals surface area contributed by atoms with Crippen LogP contribution in [0, 0.1) is 5.82 Å². The lowest BCUT2D eigenvalue weighted by Gasteiger charge is -2.25. The molecule has 8 heteroatoms. The molecule has 7 nitrogen and oxygen atoms in total. The normalized spacial score (nSPS) is 17.9. The standard InChI is InChI=1S/C25H24FN5O2.H2/c1-33-22-8-3-2-5-18(22)14-25(32)28-20-15-21(17-6-4-7-19(26)13-17)30(16-20)24-10-9-23-27-11-12-31(23)29-24;/h2-13,20-21H,14-16H2,1H3,(H,28,32);1H/t20?,21-;/m1./s1. The van der Waals surface area contributed by atoms with Crippen LogP contribution in [-0.4, -0.2) is 40.2 Å². The maximum Gasteiger partial charge on any atom is 0.224 e. The van der Waals surface area contributed by atoms with E-state index in [1.165, 1.54) is 6.07 Å². The van der Waals surface area contributed by atoms with Crippen LogP contribution < -0.4 is 15.0 Å². The van der Waals surface area contributed by atoms with Crippen molar-refractivity contribution < 1.29 is 15.3 Å². The Morgan fingerprint density at radius 1 is 1.21 bits per heavy atom. The number of halogens is 1. The molecule has 1 aliphatic heterocycles. The molecule has 0 saturated carbocycles. The van der Waals surface area contributed by atoms with Gasteiger partial charge in [0.05, 0.1) is 19.6 Å². The Labute approximate surface area is 192 Å². The summed E-state index contributed by atoms with van der Waals surface area (Å²) in [5.74, 6) is 1.07. The van der Waals surface area contributed by atoms with Gasteiger partial charge in [0, 0.05) is 32.0 Å². The molecule has 2 aromatic carbocycles. The van der Waals surface area contributed by atoms with Crippen molar-refractivity contribution in [1.82, 2.24) is 19.9 Å². The fraction of sp³-hybridized carbons (Fsp3) is 0.240. The van der Waals surface area contributed by atoms with E-state index in [2.05, 4.69) is 20.3 Å². The molecule has 1 fully saturated rings. The highest BCUT2D eigenvalue weighted by atomic mass is 19.1. The number of para-hydroxylation sites is 1. The summed E-state index contributed by atoms with van der Waals surface area (Å²) >= 11 is 0. The maximum absolute atomic E-state index is 14.0. The van der Waals surface area contributed by atoms with Gasteiger partial charge in [0.25, 0.3) is 0 Å². The number of rotatable bonds is 6. The molecule has 0 bridgehead atoms. The molecular formula is C25H26FN5O2. The number of carbonyl (C=O) groups excluding carboxylic acids is 1. The van der Waals surface area contributed by atoms with Gasteiger partial charge >= 0.3 is 0 Å². The number of fused-ring (bicyclic) bond motifs is 1. The van der Waals surface area contributed by atoms with Crippen LogP contribution in [0.3, 0.4) is 0 Å². The van der Waals surface area contributed by atoms with Gasteiger partial charge in [0.2, 0.25) is 5.91 Å². The summed E-state index contributed by atoms with van der Waals surface area (Å²) < 4.78 is 21.1. The van der Waals surface area contributed by atoms with Gasteiger partial charge in [-0.25, -0.2) is 13.9 Å². The first-order chi connectivity index (χ1) is 16.1. The van der Waals surface area contributed by atoms with Crippen molar-refractivity contribution in [1.29, 1.82) is 0 Å². The minimum absolute atomic E-state index is 0. The van der Waals surface area contributed by atoms with Crippen LogP contribution in [0.2, 0.25) is 0 Å². The number of benzene rings is 2. The summed E-state index contributed by atoms with van der Waals surface area (Å²) in [4.78, 5) is 19.2. The number of hydrogen-bond acceptors (Lipinski definition) is 5. The van der Waals surface area contributed by atoms with Gasteiger partial charge in [-0.1, -0.05) is 30.3 Å². The third kappa shape index (κ3) is 4.37. The molecule has 2 aromatic heterocycles. The number of amides is 1. The third-order valence-electron chi connectivity index (χ3n) is 5.98. The minimum atomic E-state index is -0.283. The predicted octanol–water partition coefficient (Wildman–Crippen LogP) is 3.80. The fourth-order valence-electron chi connectivity index (χ4n) is 4.48. The van der Waals surface area contributed by atoms with Crippen molar-refractivity contribution in [3.8, 4) is 5.75 Å². The zero-order chi connectivity index (χ0) is 22.8. The zero-order valence-corrected chi connectivity index (χ0v) is 18.2. The lowest BCUT2D eigenvalue weighted by Crippen LogP contribution is -2.38. The lowest BCUT2D eigenvalue weighted by molar-refractivity contribution is -0.121. The van der Waals surface area contributed by atoms with E-state index in [0.29, 0.717) is 18.7 Å². The first-order valence-corrected chi connectivity index (χ1v) is 10.8. The van der Waals surface area contributed by atoms with Crippen LogP contribution in [0.25, 0.3) is 5.65 Å². The van der Waals surface area contributed by atoms with Gasteiger partial charge in [-0.3, -0.25) is 4.79 Å². The van der Waals surface area contributed by atoms with Gasteiger partial charge in [0.15, 0.2) is 5.65 Å². The molecular weight excluding hydrogens is 421 g/mol. The van der Waals surface area contributed by atoms with Crippen LogP contribution >= 0.6 is 0 Å². The van der Waals surface area contributed by atoms with Gasteiger partial charge in [-0.05, 0) is 42.3 Å². The van der Waals surface area contributed by atoms with Crippen LogP contribution in [0.5, 0.6) is 5.75 Å². The molecule has 0 radical (unpaired) electrons. The fourth-order valence-corrected chi connectivity index (χ4v) is 4.48. The van der Waals surface area contributed by atoms with E-state index in [1.54, 1.807) is 36.2 Å². The van der Waals surface area contributed by atoms with Crippen LogP contribution in [0.1, 0.15) is 25.0 Å². The average molecular weight is 448 g/mol. The molecule has 5 rings (SSSR count). The summed E-state index contributed by atoms with van der Waals surface area (Å²) in [7, 11) is 1.60. The second kappa shape index (κ2) is 8.90. The molecule has 0 spiro atoms. The van der Waals surface area contributed by atoms with Crippen molar-refractivity contribution >= 4 is 17.4 Å². The van der Waals surface area contributed by atoms with Crippen LogP contribution in [0.4, 0.5) is 10.2 Å². The van der Waals surface area contributed by atoms with E-state index >= 15 is 0 Å². The van der Waals surface area contributed by atoms with Crippen molar-refractivity contribution in [2.45, 2.75) is 24.9 Å². The summed E-state index contributed by atoms with van der Waals surface area (Å²) in [5, 5.41) is 7.82. The van der Waals surface area contributed by atoms with Gasteiger partial charge in [-0.15, -0.1) is 5.10 Å². The second-order valence-electron chi connectivity index (χ2n) is 8.13. The molecule has 0 aliphatic carbocycles. The average Bonchev–Trinajstić information content (AvgIpc) is 3.46. The van der Waals surface area contributed by atoms with Crippen molar-refractivity contribution in [3.63, 3.8) is 0 Å². The molecule has 2 atom stereocenters. The molecule has 33 heavy (non-hydrogen) atoms. The monoisotopic (exact) mass is 447 g/mol. The Morgan fingerprint density at radius 3 is 2.94 bits per heavy atom. The Balaban J connectivity index is 0.00000274. The van der Waals surface area contributed by atoms with E-state index in [1.807, 2.05) is 42.5 Å². The molecule has 1 aliphatic rings. The SMILES string of the molecule is COc1ccccc1CC(=O)NC1C[C@H](c2cccc(F)c2)N(c2ccc3nccn3n2)C1.[HH]. The maximum atomic E-state index is 14.0. The van der Waals surface area contributed by atoms with Crippen molar-refractivity contribution in [2.75, 3.05) is 18.6 Å². The molecule has 1 amide bonds. The van der Waals surface area contributed by atoms with Gasteiger partial charge in [0.1, 0.15) is 17.4 Å². The van der Waals surface area contributed by atoms with E-state index in [4.69, 9.17) is 4.74 Å². The predicted molar refractivity (Wildman–Crippen MR) is 125 cm³/mol. The molecule has 1 N–H and O–H groups in total. The van der Waals surface area contributed by atoms with E-state index < -0.39 is 0 Å². The number of ether oxygens (including phenoxy) is 1. The number of carbonyl (C=O) groups is 1. The van der Waals surface area contributed by atoms with Crippen LogP contribution in [0.15, 0.2) is 73.1 Å². The Morgan fingerprint density at radius 2 is 2.09 bits per heavy atom. The van der Waals surface area contributed by atoms with Crippen molar-refractivity contribution in [3.05, 3.63) is 90.0 Å². The number of nitrogens with zero attached hydrogens (tertiary/aromatic N) is 4. The first kappa shape index (κ1) is 20.9. The minimum Gasteiger partial charge on any atom is -0.496 e. The van der Waals surface area contributed by atoms with Gasteiger partial charge < -0.3 is 15.0 Å². The molecule has 170 valence electrons. The van der Waals surface area contributed by atoms with Gasteiger partial charge in [-0.2, -0.15) is 0 Å². The number of imidazole rings is 1. The Kier molecular flexibility index (Phi) is 5.64. The zero-order valence-electron chi connectivity index (χ0n) is 18.2. The molecule has 3 heterocycles.